The van der Waals surface area contributed by atoms with Gasteiger partial charge in [-0.25, -0.2) is 9.50 Å². The first-order valence-corrected chi connectivity index (χ1v) is 9.46. The van der Waals surface area contributed by atoms with E-state index >= 15 is 0 Å². The highest BCUT2D eigenvalue weighted by Crippen LogP contribution is 2.25. The van der Waals surface area contributed by atoms with E-state index in [2.05, 4.69) is 20.7 Å². The third-order valence-corrected chi connectivity index (χ3v) is 4.90. The Labute approximate surface area is 165 Å². The van der Waals surface area contributed by atoms with Gasteiger partial charge in [-0.3, -0.25) is 9.59 Å². The summed E-state index contributed by atoms with van der Waals surface area (Å²) in [6.45, 7) is 3.39. The molecule has 0 aliphatic rings. The molecule has 0 radical (unpaired) electrons. The Kier molecular flexibility index (Phi) is 4.62. The maximum atomic E-state index is 12.8. The van der Waals surface area contributed by atoms with Crippen LogP contribution in [-0.4, -0.2) is 26.4 Å². The van der Waals surface area contributed by atoms with Crippen LogP contribution in [0.2, 0.25) is 0 Å². The largest absolute Gasteiger partial charge is 0.326 e. The van der Waals surface area contributed by atoms with Gasteiger partial charge in [-0.1, -0.05) is 12.1 Å². The number of aromatic nitrogens is 3. The van der Waals surface area contributed by atoms with Crippen molar-refractivity contribution >= 4 is 40.0 Å². The Morgan fingerprint density at radius 1 is 1.11 bits per heavy atom. The Morgan fingerprint density at radius 2 is 1.93 bits per heavy atom. The molecule has 8 heteroatoms. The average molecular weight is 391 g/mol. The van der Waals surface area contributed by atoms with Crippen LogP contribution in [0.5, 0.6) is 0 Å². The van der Waals surface area contributed by atoms with E-state index in [1.807, 2.05) is 36.6 Å². The summed E-state index contributed by atoms with van der Waals surface area (Å²) in [5, 5.41) is 12.8. The SMILES string of the molecule is CC(=O)Nc1ccn2ncc(C(=O)Nc3cccc(-c4csc(C)n4)c3)c2c1. The Balaban J connectivity index is 1.61. The number of aryl methyl sites for hydroxylation is 1. The molecule has 0 saturated carbocycles. The van der Waals surface area contributed by atoms with Crippen LogP contribution in [0, 0.1) is 6.92 Å². The number of anilines is 2. The summed E-state index contributed by atoms with van der Waals surface area (Å²) in [5.41, 5.74) is 4.13. The molecule has 1 aromatic carbocycles. The minimum atomic E-state index is -0.276. The first-order valence-electron chi connectivity index (χ1n) is 8.58. The summed E-state index contributed by atoms with van der Waals surface area (Å²) in [6, 6.07) is 11.0. The van der Waals surface area contributed by atoms with Crippen LogP contribution < -0.4 is 10.6 Å². The first kappa shape index (κ1) is 17.9. The number of fused-ring (bicyclic) bond motifs is 1. The molecule has 0 spiro atoms. The summed E-state index contributed by atoms with van der Waals surface area (Å²) in [7, 11) is 0. The number of pyridine rings is 1. The zero-order valence-electron chi connectivity index (χ0n) is 15.3. The number of carbonyl (C=O) groups excluding carboxylic acids is 2. The van der Waals surface area contributed by atoms with Gasteiger partial charge in [-0.2, -0.15) is 5.10 Å². The molecule has 2 amide bonds. The maximum Gasteiger partial charge on any atom is 0.259 e. The van der Waals surface area contributed by atoms with E-state index in [0.29, 0.717) is 22.5 Å². The number of hydrogen-bond acceptors (Lipinski definition) is 5. The fourth-order valence-corrected chi connectivity index (χ4v) is 3.51. The topological polar surface area (TPSA) is 88.4 Å². The van der Waals surface area contributed by atoms with E-state index in [9.17, 15) is 9.59 Å². The normalized spacial score (nSPS) is 10.8. The van der Waals surface area contributed by atoms with Crippen molar-refractivity contribution in [2.24, 2.45) is 0 Å². The molecular formula is C20H17N5O2S. The molecule has 3 aromatic heterocycles. The Morgan fingerprint density at radius 3 is 2.68 bits per heavy atom. The van der Waals surface area contributed by atoms with Gasteiger partial charge in [0, 0.05) is 35.4 Å². The fourth-order valence-electron chi connectivity index (χ4n) is 2.89. The van der Waals surface area contributed by atoms with E-state index in [1.165, 1.54) is 13.1 Å². The second kappa shape index (κ2) is 7.24. The highest BCUT2D eigenvalue weighted by molar-refractivity contribution is 7.09. The summed E-state index contributed by atoms with van der Waals surface area (Å²) in [4.78, 5) is 28.6. The number of carbonyl (C=O) groups is 2. The number of amides is 2. The maximum absolute atomic E-state index is 12.8. The van der Waals surface area contributed by atoms with Crippen LogP contribution in [0.15, 0.2) is 54.2 Å². The van der Waals surface area contributed by atoms with Crippen molar-refractivity contribution < 1.29 is 9.59 Å². The monoisotopic (exact) mass is 391 g/mol. The molecule has 0 aliphatic heterocycles. The molecule has 0 atom stereocenters. The van der Waals surface area contributed by atoms with Gasteiger partial charge in [0.05, 0.1) is 28.0 Å². The van der Waals surface area contributed by atoms with Gasteiger partial charge in [0.25, 0.3) is 5.91 Å². The summed E-state index contributed by atoms with van der Waals surface area (Å²) in [6.07, 6.45) is 3.21. The van der Waals surface area contributed by atoms with Crippen molar-refractivity contribution in [3.8, 4) is 11.3 Å². The lowest BCUT2D eigenvalue weighted by Crippen LogP contribution is -2.12. The summed E-state index contributed by atoms with van der Waals surface area (Å²) >= 11 is 1.58. The third kappa shape index (κ3) is 3.63. The van der Waals surface area contributed by atoms with E-state index in [1.54, 1.807) is 34.2 Å². The van der Waals surface area contributed by atoms with Crippen molar-refractivity contribution in [1.29, 1.82) is 0 Å². The van der Waals surface area contributed by atoms with Gasteiger partial charge >= 0.3 is 0 Å². The standard InChI is InChI=1S/C20H17N5O2S/c1-12(26)22-16-6-7-25-19(9-16)17(10-21-25)20(27)24-15-5-3-4-14(8-15)18-11-28-13(2)23-18/h3-11H,1-2H3,(H,22,26)(H,24,27). The van der Waals surface area contributed by atoms with Gasteiger partial charge in [0.2, 0.25) is 5.91 Å². The van der Waals surface area contributed by atoms with E-state index in [0.717, 1.165) is 16.3 Å². The lowest BCUT2D eigenvalue weighted by molar-refractivity contribution is -0.114. The zero-order valence-corrected chi connectivity index (χ0v) is 16.1. The molecule has 4 rings (SSSR count). The van der Waals surface area contributed by atoms with Crippen LogP contribution in [0.1, 0.15) is 22.3 Å². The molecule has 140 valence electrons. The Hall–Kier alpha value is -3.52. The highest BCUT2D eigenvalue weighted by Gasteiger charge is 2.14. The number of rotatable bonds is 4. The molecule has 2 N–H and O–H groups in total. The molecule has 4 aromatic rings. The van der Waals surface area contributed by atoms with Crippen LogP contribution in [0.3, 0.4) is 0 Å². The molecule has 7 nitrogen and oxygen atoms in total. The van der Waals surface area contributed by atoms with Crippen molar-refractivity contribution in [1.82, 2.24) is 14.6 Å². The highest BCUT2D eigenvalue weighted by atomic mass is 32.1. The molecule has 0 saturated heterocycles. The fraction of sp³-hybridized carbons (Fsp3) is 0.100. The minimum absolute atomic E-state index is 0.177. The van der Waals surface area contributed by atoms with E-state index in [4.69, 9.17) is 0 Å². The predicted molar refractivity (Wildman–Crippen MR) is 110 cm³/mol. The quantitative estimate of drug-likeness (QED) is 0.551. The van der Waals surface area contributed by atoms with E-state index in [-0.39, 0.29) is 11.8 Å². The molecule has 0 bridgehead atoms. The minimum Gasteiger partial charge on any atom is -0.326 e. The van der Waals surface area contributed by atoms with Gasteiger partial charge in [0.1, 0.15) is 0 Å². The second-order valence-corrected chi connectivity index (χ2v) is 7.33. The summed E-state index contributed by atoms with van der Waals surface area (Å²) < 4.78 is 1.59. The van der Waals surface area contributed by atoms with Gasteiger partial charge < -0.3 is 10.6 Å². The van der Waals surface area contributed by atoms with Crippen LogP contribution >= 0.6 is 11.3 Å². The molecule has 0 aliphatic carbocycles. The number of benzene rings is 1. The second-order valence-electron chi connectivity index (χ2n) is 6.27. The van der Waals surface area contributed by atoms with Crippen molar-refractivity contribution in [3.63, 3.8) is 0 Å². The number of nitrogens with one attached hydrogen (secondary N) is 2. The van der Waals surface area contributed by atoms with E-state index < -0.39 is 0 Å². The van der Waals surface area contributed by atoms with Crippen LogP contribution in [-0.2, 0) is 4.79 Å². The first-order chi connectivity index (χ1) is 13.5. The molecule has 28 heavy (non-hydrogen) atoms. The lowest BCUT2D eigenvalue weighted by atomic mass is 10.1. The number of nitrogens with zero attached hydrogens (tertiary/aromatic N) is 3. The molecule has 0 fully saturated rings. The number of hydrogen-bond donors (Lipinski definition) is 2. The average Bonchev–Trinajstić information content (AvgIpc) is 3.27. The predicted octanol–water partition coefficient (Wildman–Crippen LogP) is 3.98. The van der Waals surface area contributed by atoms with Crippen molar-refractivity contribution in [2.45, 2.75) is 13.8 Å². The molecule has 0 unspecified atom stereocenters. The van der Waals surface area contributed by atoms with Crippen molar-refractivity contribution in [3.05, 3.63) is 64.7 Å². The van der Waals surface area contributed by atoms with Crippen LogP contribution in [0.25, 0.3) is 16.8 Å². The lowest BCUT2D eigenvalue weighted by Gasteiger charge is -2.07. The van der Waals surface area contributed by atoms with Crippen molar-refractivity contribution in [2.75, 3.05) is 10.6 Å². The van der Waals surface area contributed by atoms with Gasteiger partial charge in [-0.15, -0.1) is 11.3 Å². The Bertz CT molecular complexity index is 1190. The third-order valence-electron chi connectivity index (χ3n) is 4.12. The number of thiazole rings is 1. The molecular weight excluding hydrogens is 374 g/mol. The van der Waals surface area contributed by atoms with Gasteiger partial charge in [0.15, 0.2) is 0 Å². The zero-order chi connectivity index (χ0) is 19.7. The van der Waals surface area contributed by atoms with Crippen LogP contribution in [0.4, 0.5) is 11.4 Å². The van der Waals surface area contributed by atoms with Gasteiger partial charge in [-0.05, 0) is 31.2 Å². The smallest absolute Gasteiger partial charge is 0.259 e. The summed E-state index contributed by atoms with van der Waals surface area (Å²) in [5.74, 6) is -0.453. The molecule has 3 heterocycles.